The van der Waals surface area contributed by atoms with E-state index >= 15 is 0 Å². The van der Waals surface area contributed by atoms with Crippen LogP contribution in [-0.2, 0) is 19.6 Å². The Kier molecular flexibility index (Phi) is 5.56. The first kappa shape index (κ1) is 21.1. The average molecular weight is 428 g/mol. The molecule has 0 radical (unpaired) electrons. The standard InChI is InChI=1S/C23H23F3N4O/c1-15-19(14-29(2)28-15)22(31)30-10-4-7-21(30)20-9-8-17(13-27-20)11-16-5-3-6-18(12-16)23(24,25)26/h3,5-6,8-9,12-14,21H,4,7,10-11H2,1-2H3/t21-/m0/s1. The van der Waals surface area contributed by atoms with Gasteiger partial charge >= 0.3 is 6.18 Å². The van der Waals surface area contributed by atoms with Gasteiger partial charge in [0, 0.05) is 26.0 Å². The van der Waals surface area contributed by atoms with Crippen LogP contribution in [0, 0.1) is 6.92 Å². The summed E-state index contributed by atoms with van der Waals surface area (Å²) in [7, 11) is 1.79. The Labute approximate surface area is 178 Å². The lowest BCUT2D eigenvalue weighted by molar-refractivity contribution is -0.137. The highest BCUT2D eigenvalue weighted by atomic mass is 19.4. The third-order valence-electron chi connectivity index (χ3n) is 5.61. The number of carbonyl (C=O) groups is 1. The Morgan fingerprint density at radius 3 is 2.65 bits per heavy atom. The molecule has 1 fully saturated rings. The molecular weight excluding hydrogens is 405 g/mol. The van der Waals surface area contributed by atoms with Crippen molar-refractivity contribution < 1.29 is 18.0 Å². The summed E-state index contributed by atoms with van der Waals surface area (Å²) in [5.41, 5.74) is 2.83. The van der Waals surface area contributed by atoms with E-state index in [1.54, 1.807) is 30.2 Å². The zero-order chi connectivity index (χ0) is 22.2. The van der Waals surface area contributed by atoms with Crippen LogP contribution in [0.1, 0.15) is 57.3 Å². The number of aryl methyl sites for hydroxylation is 2. The molecule has 31 heavy (non-hydrogen) atoms. The molecule has 0 N–H and O–H groups in total. The van der Waals surface area contributed by atoms with Gasteiger partial charge in [0.25, 0.3) is 5.91 Å². The number of hydrogen-bond donors (Lipinski definition) is 0. The lowest BCUT2D eigenvalue weighted by Crippen LogP contribution is -2.31. The van der Waals surface area contributed by atoms with Crippen molar-refractivity contribution in [2.45, 2.75) is 38.4 Å². The van der Waals surface area contributed by atoms with Crippen molar-refractivity contribution in [1.82, 2.24) is 19.7 Å². The maximum atomic E-state index is 13.0. The smallest absolute Gasteiger partial charge is 0.330 e. The highest BCUT2D eigenvalue weighted by Crippen LogP contribution is 2.33. The van der Waals surface area contributed by atoms with Gasteiger partial charge in [-0.1, -0.05) is 24.3 Å². The molecule has 1 aliphatic rings. The zero-order valence-electron chi connectivity index (χ0n) is 17.4. The fourth-order valence-corrected chi connectivity index (χ4v) is 4.11. The second-order valence-electron chi connectivity index (χ2n) is 7.92. The second kappa shape index (κ2) is 8.17. The van der Waals surface area contributed by atoms with E-state index in [9.17, 15) is 18.0 Å². The Morgan fingerprint density at radius 2 is 2.00 bits per heavy atom. The van der Waals surface area contributed by atoms with Gasteiger partial charge in [0.1, 0.15) is 0 Å². The molecule has 2 aromatic heterocycles. The molecule has 1 amide bonds. The zero-order valence-corrected chi connectivity index (χ0v) is 17.4. The van der Waals surface area contributed by atoms with E-state index in [2.05, 4.69) is 10.1 Å². The van der Waals surface area contributed by atoms with Crippen LogP contribution in [0.5, 0.6) is 0 Å². The number of halogens is 3. The molecule has 0 bridgehead atoms. The summed E-state index contributed by atoms with van der Waals surface area (Å²) >= 11 is 0. The lowest BCUT2D eigenvalue weighted by Gasteiger charge is -2.24. The SMILES string of the molecule is Cc1nn(C)cc1C(=O)N1CCC[C@H]1c1ccc(Cc2cccc(C(F)(F)F)c2)cn1. The maximum Gasteiger partial charge on any atom is 0.416 e. The predicted octanol–water partition coefficient (Wildman–Crippen LogP) is 4.71. The van der Waals surface area contributed by atoms with Gasteiger partial charge < -0.3 is 4.90 Å². The third kappa shape index (κ3) is 4.47. The fraction of sp³-hybridized carbons (Fsp3) is 0.348. The van der Waals surface area contributed by atoms with Gasteiger partial charge in [0.05, 0.1) is 28.6 Å². The third-order valence-corrected chi connectivity index (χ3v) is 5.61. The minimum absolute atomic E-state index is 0.0528. The van der Waals surface area contributed by atoms with Crippen LogP contribution >= 0.6 is 0 Å². The molecule has 3 heterocycles. The Morgan fingerprint density at radius 1 is 1.19 bits per heavy atom. The largest absolute Gasteiger partial charge is 0.416 e. The molecule has 1 aliphatic heterocycles. The highest BCUT2D eigenvalue weighted by Gasteiger charge is 2.33. The van der Waals surface area contributed by atoms with Crippen molar-refractivity contribution in [1.29, 1.82) is 0 Å². The molecule has 4 rings (SSSR count). The van der Waals surface area contributed by atoms with Gasteiger partial charge in [-0.05, 0) is 49.4 Å². The summed E-state index contributed by atoms with van der Waals surface area (Å²) in [5.74, 6) is -0.0528. The Bertz CT molecular complexity index is 1090. The number of alkyl halides is 3. The number of nitrogens with zero attached hydrogens (tertiary/aromatic N) is 4. The number of aromatic nitrogens is 3. The first-order valence-electron chi connectivity index (χ1n) is 10.1. The average Bonchev–Trinajstić information content (AvgIpc) is 3.34. The summed E-state index contributed by atoms with van der Waals surface area (Å²) in [6, 6.07) is 8.96. The van der Waals surface area contributed by atoms with Crippen LogP contribution in [0.2, 0.25) is 0 Å². The van der Waals surface area contributed by atoms with Gasteiger partial charge in [0.15, 0.2) is 0 Å². The topological polar surface area (TPSA) is 51.0 Å². The highest BCUT2D eigenvalue weighted by molar-refractivity contribution is 5.95. The van der Waals surface area contributed by atoms with E-state index in [4.69, 9.17) is 0 Å². The molecule has 1 saturated heterocycles. The van der Waals surface area contributed by atoms with Crippen molar-refractivity contribution in [3.8, 4) is 0 Å². The molecule has 0 saturated carbocycles. The van der Waals surface area contributed by atoms with Gasteiger partial charge in [-0.2, -0.15) is 18.3 Å². The summed E-state index contributed by atoms with van der Waals surface area (Å²) in [4.78, 5) is 19.4. The van der Waals surface area contributed by atoms with Gasteiger partial charge in [-0.15, -0.1) is 0 Å². The molecule has 1 atom stereocenters. The van der Waals surface area contributed by atoms with Crippen LogP contribution in [0.4, 0.5) is 13.2 Å². The van der Waals surface area contributed by atoms with Crippen molar-refractivity contribution >= 4 is 5.91 Å². The van der Waals surface area contributed by atoms with Gasteiger partial charge in [-0.3, -0.25) is 14.5 Å². The molecule has 0 aliphatic carbocycles. The summed E-state index contributed by atoms with van der Waals surface area (Å²) in [6.07, 6.45) is 1.14. The first-order valence-corrected chi connectivity index (χ1v) is 10.1. The summed E-state index contributed by atoms with van der Waals surface area (Å²) in [6.45, 7) is 2.48. The lowest BCUT2D eigenvalue weighted by atomic mass is 10.0. The molecular formula is C23H23F3N4O. The first-order chi connectivity index (χ1) is 14.7. The normalized spacial score (nSPS) is 16.7. The summed E-state index contributed by atoms with van der Waals surface area (Å²) in [5, 5.41) is 4.26. The monoisotopic (exact) mass is 428 g/mol. The number of hydrogen-bond acceptors (Lipinski definition) is 3. The summed E-state index contributed by atoms with van der Waals surface area (Å²) < 4.78 is 40.4. The Balaban J connectivity index is 1.50. The number of rotatable bonds is 4. The second-order valence-corrected chi connectivity index (χ2v) is 7.92. The van der Waals surface area contributed by atoms with Crippen molar-refractivity contribution in [3.05, 3.63) is 82.4 Å². The van der Waals surface area contributed by atoms with Crippen molar-refractivity contribution in [2.24, 2.45) is 7.05 Å². The van der Waals surface area contributed by atoms with Crippen molar-refractivity contribution in [3.63, 3.8) is 0 Å². The maximum absolute atomic E-state index is 13.0. The van der Waals surface area contributed by atoms with E-state index in [0.29, 0.717) is 29.8 Å². The number of likely N-dealkylation sites (tertiary alicyclic amines) is 1. The number of benzene rings is 1. The number of amides is 1. The molecule has 1 aromatic carbocycles. The Hall–Kier alpha value is -3.16. The van der Waals surface area contributed by atoms with Crippen LogP contribution in [0.15, 0.2) is 48.8 Å². The quantitative estimate of drug-likeness (QED) is 0.605. The predicted molar refractivity (Wildman–Crippen MR) is 109 cm³/mol. The number of pyridine rings is 1. The molecule has 0 spiro atoms. The fourth-order valence-electron chi connectivity index (χ4n) is 4.11. The molecule has 8 heteroatoms. The molecule has 5 nitrogen and oxygen atoms in total. The van der Waals surface area contributed by atoms with E-state index < -0.39 is 11.7 Å². The van der Waals surface area contributed by atoms with E-state index in [-0.39, 0.29) is 11.9 Å². The van der Waals surface area contributed by atoms with Crippen LogP contribution in [-0.4, -0.2) is 32.1 Å². The van der Waals surface area contributed by atoms with Gasteiger partial charge in [-0.25, -0.2) is 0 Å². The van der Waals surface area contributed by atoms with E-state index in [1.807, 2.05) is 24.0 Å². The van der Waals surface area contributed by atoms with Gasteiger partial charge in [0.2, 0.25) is 0 Å². The molecule has 162 valence electrons. The number of carbonyl (C=O) groups excluding carboxylic acids is 1. The van der Waals surface area contributed by atoms with Crippen LogP contribution in [0.3, 0.4) is 0 Å². The van der Waals surface area contributed by atoms with Crippen LogP contribution < -0.4 is 0 Å². The molecule has 3 aromatic rings. The minimum Gasteiger partial charge on any atom is -0.330 e. The van der Waals surface area contributed by atoms with E-state index in [0.717, 1.165) is 30.2 Å². The molecule has 0 unspecified atom stereocenters. The van der Waals surface area contributed by atoms with E-state index in [1.165, 1.54) is 12.1 Å². The minimum atomic E-state index is -4.36. The van der Waals surface area contributed by atoms with Crippen molar-refractivity contribution in [2.75, 3.05) is 6.54 Å². The van der Waals surface area contributed by atoms with Crippen LogP contribution in [0.25, 0.3) is 0 Å².